The van der Waals surface area contributed by atoms with Crippen molar-refractivity contribution in [3.63, 3.8) is 0 Å². The fourth-order valence-electron chi connectivity index (χ4n) is 1.96. The van der Waals surface area contributed by atoms with Gasteiger partial charge in [-0.05, 0) is 53.6 Å². The lowest BCUT2D eigenvalue weighted by Crippen LogP contribution is -2.07. The van der Waals surface area contributed by atoms with Crippen LogP contribution in [0.2, 0.25) is 0 Å². The molecule has 0 fully saturated rings. The molecule has 112 valence electrons. The van der Waals surface area contributed by atoms with Gasteiger partial charge in [0.2, 0.25) is 0 Å². The van der Waals surface area contributed by atoms with Gasteiger partial charge in [0.1, 0.15) is 0 Å². The molecule has 1 unspecified atom stereocenters. The van der Waals surface area contributed by atoms with Crippen molar-refractivity contribution in [3.05, 3.63) is 64.1 Å². The van der Waals surface area contributed by atoms with E-state index in [0.29, 0.717) is 13.0 Å². The molecule has 2 aromatic carbocycles. The summed E-state index contributed by atoms with van der Waals surface area (Å²) in [5, 5.41) is 10.1. The average Bonchev–Trinajstić information content (AvgIpc) is 2.51. The van der Waals surface area contributed by atoms with Crippen molar-refractivity contribution in [2.24, 2.45) is 0 Å². The highest BCUT2D eigenvalue weighted by atomic mass is 79.9. The minimum absolute atomic E-state index is 0.484. The van der Waals surface area contributed by atoms with Crippen molar-refractivity contribution in [2.45, 2.75) is 23.2 Å². The maximum atomic E-state index is 10.1. The molecule has 2 N–H and O–H groups in total. The molecule has 0 aliphatic carbocycles. The van der Waals surface area contributed by atoms with Crippen LogP contribution in [-0.4, -0.2) is 11.7 Å². The van der Waals surface area contributed by atoms with Gasteiger partial charge in [-0.15, -0.1) is 11.8 Å². The molecular weight excluding hydrogens is 370 g/mol. The number of nitrogens with one attached hydrogen (secondary N) is 1. The fourth-order valence-corrected chi connectivity index (χ4v) is 3.43. The van der Waals surface area contributed by atoms with E-state index in [1.54, 1.807) is 11.8 Å². The second-order valence-corrected chi connectivity index (χ2v) is 6.91. The van der Waals surface area contributed by atoms with Crippen LogP contribution in [0.5, 0.6) is 0 Å². The zero-order valence-electron chi connectivity index (χ0n) is 11.4. The normalized spacial score (nSPS) is 12.3. The van der Waals surface area contributed by atoms with Crippen LogP contribution in [0.1, 0.15) is 23.7 Å². The molecule has 0 aliphatic heterocycles. The van der Waals surface area contributed by atoms with E-state index in [-0.39, 0.29) is 0 Å². The van der Waals surface area contributed by atoms with Gasteiger partial charge in [-0.1, -0.05) is 40.2 Å². The summed E-state index contributed by atoms with van der Waals surface area (Å²) in [5.41, 5.74) is 2.20. The molecule has 0 amide bonds. The van der Waals surface area contributed by atoms with Crippen molar-refractivity contribution in [1.82, 2.24) is 4.84 Å². The first kappa shape index (κ1) is 16.8. The van der Waals surface area contributed by atoms with E-state index in [1.165, 1.54) is 5.56 Å². The van der Waals surface area contributed by atoms with E-state index >= 15 is 0 Å². The summed E-state index contributed by atoms with van der Waals surface area (Å²) in [6.45, 7) is 0.581. The summed E-state index contributed by atoms with van der Waals surface area (Å²) < 4.78 is 1.10. The number of hydrogen-bond acceptors (Lipinski definition) is 3. The Morgan fingerprint density at radius 2 is 2.00 bits per heavy atom. The van der Waals surface area contributed by atoms with Crippen LogP contribution in [0.4, 0.5) is 0 Å². The number of aliphatic hydroxyl groups excluding tert-OH is 1. The van der Waals surface area contributed by atoms with Crippen molar-refractivity contribution >= 4 is 39.5 Å². The molecule has 0 saturated carbocycles. The van der Waals surface area contributed by atoms with Crippen LogP contribution in [0.3, 0.4) is 0 Å². The molecule has 5 heteroatoms. The molecule has 0 spiro atoms. The minimum atomic E-state index is -0.484. The molecule has 21 heavy (non-hydrogen) atoms. The summed E-state index contributed by atoms with van der Waals surface area (Å²) in [5.74, 6) is 0.905. The molecule has 1 atom stereocenters. The highest BCUT2D eigenvalue weighted by molar-refractivity contribution is 9.10. The Bertz CT molecular complexity index is 582. The largest absolute Gasteiger partial charge is 0.388 e. The number of benzene rings is 2. The van der Waals surface area contributed by atoms with Crippen LogP contribution >= 0.6 is 39.5 Å². The number of rotatable bonds is 7. The van der Waals surface area contributed by atoms with Crippen molar-refractivity contribution in [3.8, 4) is 0 Å². The summed E-state index contributed by atoms with van der Waals surface area (Å²) in [4.78, 5) is 3.70. The Hall–Kier alpha value is -0.520. The van der Waals surface area contributed by atoms with Gasteiger partial charge < -0.3 is 5.11 Å². The summed E-state index contributed by atoms with van der Waals surface area (Å²) in [6.07, 6.45) is 0.117. The number of hydrogen-bond donors (Lipinski definition) is 2. The SMILES string of the molecule is OC(CCNCl)c1cccc(SCc2cccc(Br)c2)c1. The van der Waals surface area contributed by atoms with Gasteiger partial charge in [-0.2, -0.15) is 0 Å². The monoisotopic (exact) mass is 385 g/mol. The molecule has 2 rings (SSSR count). The fraction of sp³-hybridized carbons (Fsp3) is 0.250. The Labute approximate surface area is 143 Å². The van der Waals surface area contributed by atoms with E-state index in [9.17, 15) is 5.11 Å². The van der Waals surface area contributed by atoms with Gasteiger partial charge in [-0.3, -0.25) is 0 Å². The highest BCUT2D eigenvalue weighted by Crippen LogP contribution is 2.27. The third-order valence-corrected chi connectivity index (χ3v) is 4.80. The lowest BCUT2D eigenvalue weighted by Gasteiger charge is -2.11. The zero-order chi connectivity index (χ0) is 15.1. The number of halogens is 2. The van der Waals surface area contributed by atoms with E-state index in [0.717, 1.165) is 20.7 Å². The molecular formula is C16H17BrClNOS. The molecule has 2 nitrogen and oxygen atoms in total. The molecule has 0 heterocycles. The van der Waals surface area contributed by atoms with Gasteiger partial charge in [-0.25, -0.2) is 4.84 Å². The summed E-state index contributed by atoms with van der Waals surface area (Å²) in [7, 11) is 0. The lowest BCUT2D eigenvalue weighted by molar-refractivity contribution is 0.169. The molecule has 0 bridgehead atoms. The molecule has 0 aliphatic rings. The van der Waals surface area contributed by atoms with Crippen LogP contribution in [0, 0.1) is 0 Å². The maximum Gasteiger partial charge on any atom is 0.0803 e. The van der Waals surface area contributed by atoms with Gasteiger partial charge in [0.15, 0.2) is 0 Å². The van der Waals surface area contributed by atoms with Crippen LogP contribution in [0.15, 0.2) is 57.9 Å². The topological polar surface area (TPSA) is 32.3 Å². The van der Waals surface area contributed by atoms with E-state index < -0.39 is 6.10 Å². The quantitative estimate of drug-likeness (QED) is 0.524. The second kappa shape index (κ2) is 8.81. The highest BCUT2D eigenvalue weighted by Gasteiger charge is 2.08. The smallest absolute Gasteiger partial charge is 0.0803 e. The zero-order valence-corrected chi connectivity index (χ0v) is 14.6. The Morgan fingerprint density at radius 1 is 1.19 bits per heavy atom. The van der Waals surface area contributed by atoms with E-state index in [1.807, 2.05) is 30.3 Å². The first-order chi connectivity index (χ1) is 10.2. The first-order valence-corrected chi connectivity index (χ1v) is 8.83. The van der Waals surface area contributed by atoms with Gasteiger partial charge >= 0.3 is 0 Å². The van der Waals surface area contributed by atoms with Crippen molar-refractivity contribution in [2.75, 3.05) is 6.54 Å². The van der Waals surface area contributed by atoms with Crippen LogP contribution in [-0.2, 0) is 5.75 Å². The maximum absolute atomic E-state index is 10.1. The lowest BCUT2D eigenvalue weighted by atomic mass is 10.1. The third-order valence-electron chi connectivity index (χ3n) is 3.05. The third kappa shape index (κ3) is 5.64. The average molecular weight is 387 g/mol. The molecule has 2 aromatic rings. The van der Waals surface area contributed by atoms with Gasteiger partial charge in [0.25, 0.3) is 0 Å². The van der Waals surface area contributed by atoms with E-state index in [2.05, 4.69) is 39.0 Å². The predicted molar refractivity (Wildman–Crippen MR) is 93.6 cm³/mol. The first-order valence-electron chi connectivity index (χ1n) is 6.68. The predicted octanol–water partition coefficient (Wildman–Crippen LogP) is 4.91. The van der Waals surface area contributed by atoms with Crippen LogP contribution in [0.25, 0.3) is 0 Å². The number of thioether (sulfide) groups is 1. The minimum Gasteiger partial charge on any atom is -0.388 e. The summed E-state index contributed by atoms with van der Waals surface area (Å²) in [6, 6.07) is 16.3. The van der Waals surface area contributed by atoms with Crippen molar-refractivity contribution < 1.29 is 5.11 Å². The Morgan fingerprint density at radius 3 is 2.76 bits per heavy atom. The second-order valence-electron chi connectivity index (χ2n) is 4.68. The Kier molecular flexibility index (Phi) is 7.07. The van der Waals surface area contributed by atoms with Crippen molar-refractivity contribution in [1.29, 1.82) is 0 Å². The van der Waals surface area contributed by atoms with Crippen LogP contribution < -0.4 is 4.84 Å². The molecule has 0 saturated heterocycles. The molecule has 0 aromatic heterocycles. The Balaban J connectivity index is 1.97. The standard InChI is InChI=1S/C16H17BrClNOS/c17-14-5-1-3-12(9-14)11-21-15-6-2-4-13(10-15)16(20)7-8-19-18/h1-6,9-10,16,19-20H,7-8,11H2. The van der Waals surface area contributed by atoms with E-state index in [4.69, 9.17) is 11.8 Å². The molecule has 0 radical (unpaired) electrons. The summed E-state index contributed by atoms with van der Waals surface area (Å²) >= 11 is 10.7. The van der Waals surface area contributed by atoms with Gasteiger partial charge in [0, 0.05) is 21.7 Å². The van der Waals surface area contributed by atoms with Gasteiger partial charge in [0.05, 0.1) is 6.10 Å². The number of aliphatic hydroxyl groups is 1.